The van der Waals surface area contributed by atoms with Crippen molar-refractivity contribution in [1.29, 1.82) is 0 Å². The molecule has 7 heteroatoms. The summed E-state index contributed by atoms with van der Waals surface area (Å²) in [5.74, 6) is -2.82. The molecule has 1 fully saturated rings. The van der Waals surface area contributed by atoms with Gasteiger partial charge in [-0.1, -0.05) is 44.9 Å². The number of hydrogen-bond donors (Lipinski definition) is 3. The summed E-state index contributed by atoms with van der Waals surface area (Å²) in [6.45, 7) is 5.13. The van der Waals surface area contributed by atoms with Crippen molar-refractivity contribution in [2.75, 3.05) is 0 Å². The lowest BCUT2D eigenvalue weighted by molar-refractivity contribution is -0.167. The van der Waals surface area contributed by atoms with Gasteiger partial charge in [0.1, 0.15) is 11.6 Å². The van der Waals surface area contributed by atoms with Crippen molar-refractivity contribution >= 4 is 17.9 Å². The Hall–Kier alpha value is -1.63. The van der Waals surface area contributed by atoms with Crippen LogP contribution in [-0.4, -0.2) is 39.8 Å². The Kier molecular flexibility index (Phi) is 8.72. The zero-order valence-electron chi connectivity index (χ0n) is 16.8. The van der Waals surface area contributed by atoms with Crippen LogP contribution in [0, 0.1) is 11.3 Å². The smallest absolute Gasteiger partial charge is 0.323 e. The number of carbonyl (C=O) groups excluding carboxylic acids is 1. The van der Waals surface area contributed by atoms with Crippen molar-refractivity contribution in [1.82, 2.24) is 0 Å². The molecule has 0 saturated heterocycles. The lowest BCUT2D eigenvalue weighted by Gasteiger charge is -2.28. The maximum Gasteiger partial charge on any atom is 0.323 e. The molecule has 0 amide bonds. The highest BCUT2D eigenvalue weighted by atomic mass is 16.6. The minimum atomic E-state index is -1.91. The molecule has 0 aromatic heterocycles. The Balaban J connectivity index is 2.68. The van der Waals surface area contributed by atoms with Gasteiger partial charge in [0.05, 0.1) is 0 Å². The van der Waals surface area contributed by atoms with Crippen LogP contribution in [0.4, 0.5) is 0 Å². The van der Waals surface area contributed by atoms with Crippen molar-refractivity contribution in [3.05, 3.63) is 0 Å². The lowest BCUT2D eigenvalue weighted by atomic mass is 9.76. The highest BCUT2D eigenvalue weighted by Crippen LogP contribution is 2.35. The van der Waals surface area contributed by atoms with Crippen LogP contribution in [0.2, 0.25) is 0 Å². The topological polar surface area (TPSA) is 127 Å². The number of carbonyl (C=O) groups is 3. The molecule has 1 aliphatic rings. The summed E-state index contributed by atoms with van der Waals surface area (Å²) in [5, 5.41) is 19.3. The highest BCUT2D eigenvalue weighted by molar-refractivity contribution is 5.98. The minimum absolute atomic E-state index is 0.0447. The third kappa shape index (κ3) is 7.48. The van der Waals surface area contributed by atoms with E-state index >= 15 is 0 Å². The molecule has 0 aromatic carbocycles. The van der Waals surface area contributed by atoms with Crippen molar-refractivity contribution in [2.24, 2.45) is 17.1 Å². The molecular weight excluding hydrogens is 350 g/mol. The summed E-state index contributed by atoms with van der Waals surface area (Å²) in [5.41, 5.74) is 3.21. The van der Waals surface area contributed by atoms with Crippen molar-refractivity contribution in [2.45, 2.75) is 96.6 Å². The first kappa shape index (κ1) is 23.4. The first-order valence-electron chi connectivity index (χ1n) is 9.93. The van der Waals surface area contributed by atoms with E-state index in [9.17, 15) is 24.6 Å². The van der Waals surface area contributed by atoms with Crippen LogP contribution in [0.25, 0.3) is 0 Å². The average Bonchev–Trinajstić information content (AvgIpc) is 2.56. The fraction of sp³-hybridized carbons (Fsp3) is 0.850. The van der Waals surface area contributed by atoms with Gasteiger partial charge in [-0.2, -0.15) is 0 Å². The third-order valence-electron chi connectivity index (χ3n) is 5.35. The second-order valence-corrected chi connectivity index (χ2v) is 8.77. The van der Waals surface area contributed by atoms with Gasteiger partial charge in [0, 0.05) is 0 Å². The van der Waals surface area contributed by atoms with E-state index in [1.807, 2.05) is 0 Å². The lowest BCUT2D eigenvalue weighted by Crippen LogP contribution is -2.43. The molecule has 1 atom stereocenters. The van der Waals surface area contributed by atoms with Crippen molar-refractivity contribution in [3.63, 3.8) is 0 Å². The molecule has 0 radical (unpaired) electrons. The second kappa shape index (κ2) is 10.1. The van der Waals surface area contributed by atoms with Gasteiger partial charge in [-0.05, 0) is 46.0 Å². The zero-order valence-corrected chi connectivity index (χ0v) is 16.8. The standard InChI is InChI=1S/C20H35NO6/c1-19(2,3)27-16(22)15(21)11-13-20(17(23)24,18(25)26)12-7-10-14-8-5-4-6-9-14/h14-15H,4-13,21H2,1-3H3,(H,23,24)(H,25,26). The van der Waals surface area contributed by atoms with Crippen LogP contribution in [0.3, 0.4) is 0 Å². The summed E-state index contributed by atoms with van der Waals surface area (Å²) >= 11 is 0. The quantitative estimate of drug-likeness (QED) is 0.389. The fourth-order valence-electron chi connectivity index (χ4n) is 3.71. The molecule has 4 N–H and O–H groups in total. The molecule has 7 nitrogen and oxygen atoms in total. The predicted molar refractivity (Wildman–Crippen MR) is 101 cm³/mol. The number of nitrogens with two attached hydrogens (primary N) is 1. The van der Waals surface area contributed by atoms with E-state index in [-0.39, 0.29) is 19.3 Å². The Bertz CT molecular complexity index is 505. The van der Waals surface area contributed by atoms with Crippen molar-refractivity contribution < 1.29 is 29.3 Å². The first-order valence-corrected chi connectivity index (χ1v) is 9.93. The molecule has 0 heterocycles. The molecule has 1 saturated carbocycles. The normalized spacial score (nSPS) is 17.3. The van der Waals surface area contributed by atoms with Gasteiger partial charge in [0.25, 0.3) is 0 Å². The van der Waals surface area contributed by atoms with Gasteiger partial charge in [-0.25, -0.2) is 0 Å². The summed E-state index contributed by atoms with van der Waals surface area (Å²) in [6, 6.07) is -1.04. The number of hydrogen-bond acceptors (Lipinski definition) is 5. The number of aliphatic carboxylic acids is 2. The molecule has 156 valence electrons. The van der Waals surface area contributed by atoms with Crippen LogP contribution in [-0.2, 0) is 19.1 Å². The summed E-state index contributed by atoms with van der Waals surface area (Å²) in [6.07, 6.45) is 7.11. The number of carboxylic acid groups (broad SMARTS) is 2. The number of carboxylic acids is 2. The molecule has 27 heavy (non-hydrogen) atoms. The molecule has 0 aliphatic heterocycles. The molecule has 1 unspecified atom stereocenters. The Morgan fingerprint density at radius 3 is 2.07 bits per heavy atom. The maximum absolute atomic E-state index is 12.0. The van der Waals surface area contributed by atoms with Gasteiger partial charge in [0.15, 0.2) is 5.41 Å². The van der Waals surface area contributed by atoms with Gasteiger partial charge >= 0.3 is 17.9 Å². The van der Waals surface area contributed by atoms with E-state index in [2.05, 4.69) is 0 Å². The Morgan fingerprint density at radius 1 is 1.04 bits per heavy atom. The second-order valence-electron chi connectivity index (χ2n) is 8.77. The summed E-state index contributed by atoms with van der Waals surface area (Å²) in [4.78, 5) is 35.6. The van der Waals surface area contributed by atoms with E-state index in [0.717, 1.165) is 19.3 Å². The fourth-order valence-corrected chi connectivity index (χ4v) is 3.71. The van der Waals surface area contributed by atoms with Gasteiger partial charge in [-0.3, -0.25) is 14.4 Å². The van der Waals surface area contributed by atoms with E-state index in [1.165, 1.54) is 19.3 Å². The molecule has 0 bridgehead atoms. The predicted octanol–water partition coefficient (Wildman–Crippen LogP) is 3.34. The summed E-state index contributed by atoms with van der Waals surface area (Å²) < 4.78 is 5.19. The van der Waals surface area contributed by atoms with Gasteiger partial charge in [0.2, 0.25) is 0 Å². The van der Waals surface area contributed by atoms with Gasteiger partial charge in [-0.15, -0.1) is 0 Å². The van der Waals surface area contributed by atoms with E-state index in [1.54, 1.807) is 20.8 Å². The Labute approximate surface area is 161 Å². The van der Waals surface area contributed by atoms with Crippen LogP contribution in [0.15, 0.2) is 0 Å². The number of ether oxygens (including phenoxy) is 1. The number of rotatable bonds is 10. The molecule has 0 spiro atoms. The molecule has 1 rings (SSSR count). The van der Waals surface area contributed by atoms with Gasteiger partial charge < -0.3 is 20.7 Å². The molecular formula is C20H35NO6. The number of esters is 1. The molecule has 0 aromatic rings. The van der Waals surface area contributed by atoms with Crippen LogP contribution < -0.4 is 5.73 Å². The van der Waals surface area contributed by atoms with Crippen LogP contribution in [0.1, 0.15) is 85.0 Å². The SMILES string of the molecule is CC(C)(C)OC(=O)C(N)CCC(CCCC1CCCCC1)(C(=O)O)C(=O)O. The monoisotopic (exact) mass is 385 g/mol. The van der Waals surface area contributed by atoms with Crippen molar-refractivity contribution in [3.8, 4) is 0 Å². The van der Waals surface area contributed by atoms with Crippen LogP contribution >= 0.6 is 0 Å². The maximum atomic E-state index is 12.0. The average molecular weight is 386 g/mol. The summed E-state index contributed by atoms with van der Waals surface area (Å²) in [7, 11) is 0. The van der Waals surface area contributed by atoms with E-state index in [4.69, 9.17) is 10.5 Å². The van der Waals surface area contributed by atoms with E-state index in [0.29, 0.717) is 12.3 Å². The zero-order chi connectivity index (χ0) is 20.7. The third-order valence-corrected chi connectivity index (χ3v) is 5.35. The largest absolute Gasteiger partial charge is 0.480 e. The van der Waals surface area contributed by atoms with E-state index < -0.39 is 35.0 Å². The highest BCUT2D eigenvalue weighted by Gasteiger charge is 2.46. The Morgan fingerprint density at radius 2 is 1.59 bits per heavy atom. The first-order chi connectivity index (χ1) is 12.5. The van der Waals surface area contributed by atoms with Crippen LogP contribution in [0.5, 0.6) is 0 Å². The minimum Gasteiger partial charge on any atom is -0.480 e. The molecule has 1 aliphatic carbocycles.